The monoisotopic (exact) mass is 254 g/mol. The third kappa shape index (κ3) is 3.65. The zero-order valence-electron chi connectivity index (χ0n) is 12.0. The van der Waals surface area contributed by atoms with Gasteiger partial charge in [-0.05, 0) is 57.0 Å². The number of rotatable bonds is 5. The number of pyridine rings is 1. The molecule has 19 heavy (non-hydrogen) atoms. The molecule has 1 aromatic carbocycles. The second-order valence-electron chi connectivity index (χ2n) is 5.06. The van der Waals surface area contributed by atoms with Crippen molar-refractivity contribution >= 4 is 0 Å². The second-order valence-corrected chi connectivity index (χ2v) is 5.06. The van der Waals surface area contributed by atoms with Gasteiger partial charge in [-0.1, -0.05) is 29.8 Å². The zero-order valence-corrected chi connectivity index (χ0v) is 12.0. The van der Waals surface area contributed by atoms with Crippen molar-refractivity contribution in [3.63, 3.8) is 0 Å². The zero-order chi connectivity index (χ0) is 13.7. The summed E-state index contributed by atoms with van der Waals surface area (Å²) in [5.41, 5.74) is 5.23. The molecular formula is C17H22N2. The van der Waals surface area contributed by atoms with E-state index in [1.807, 2.05) is 19.3 Å². The lowest BCUT2D eigenvalue weighted by atomic mass is 9.95. The van der Waals surface area contributed by atoms with Gasteiger partial charge in [0, 0.05) is 17.9 Å². The standard InChI is InChI=1S/C17H22N2/c1-13-7-8-14(2)16(12-13)17(18-3)10-9-15-6-4-5-11-19-15/h4-8,11-12,17-18H,9-10H2,1-3H3. The first-order chi connectivity index (χ1) is 9.20. The number of nitrogens with zero attached hydrogens (tertiary/aromatic N) is 1. The Morgan fingerprint density at radius 3 is 2.68 bits per heavy atom. The van der Waals surface area contributed by atoms with E-state index in [1.54, 1.807) is 0 Å². The van der Waals surface area contributed by atoms with Crippen molar-refractivity contribution in [3.8, 4) is 0 Å². The molecule has 1 aromatic heterocycles. The molecule has 0 aliphatic carbocycles. The fourth-order valence-corrected chi connectivity index (χ4v) is 2.43. The maximum atomic E-state index is 4.39. The smallest absolute Gasteiger partial charge is 0.0404 e. The van der Waals surface area contributed by atoms with E-state index < -0.39 is 0 Å². The highest BCUT2D eigenvalue weighted by Crippen LogP contribution is 2.23. The molecule has 100 valence electrons. The number of aromatic nitrogens is 1. The summed E-state index contributed by atoms with van der Waals surface area (Å²) in [6.45, 7) is 4.33. The molecule has 2 heteroatoms. The van der Waals surface area contributed by atoms with E-state index >= 15 is 0 Å². The molecule has 0 radical (unpaired) electrons. The maximum absolute atomic E-state index is 4.39. The molecule has 0 aliphatic heterocycles. The molecule has 1 N–H and O–H groups in total. The predicted octanol–water partition coefficient (Wildman–Crippen LogP) is 3.59. The lowest BCUT2D eigenvalue weighted by molar-refractivity contribution is 0.543. The molecule has 0 fully saturated rings. The summed E-state index contributed by atoms with van der Waals surface area (Å²) < 4.78 is 0. The van der Waals surface area contributed by atoms with Crippen molar-refractivity contribution in [2.75, 3.05) is 7.05 Å². The van der Waals surface area contributed by atoms with Crippen LogP contribution in [0.2, 0.25) is 0 Å². The molecular weight excluding hydrogens is 232 g/mol. The Hall–Kier alpha value is -1.67. The number of hydrogen-bond acceptors (Lipinski definition) is 2. The summed E-state index contributed by atoms with van der Waals surface area (Å²) >= 11 is 0. The average molecular weight is 254 g/mol. The third-order valence-corrected chi connectivity index (χ3v) is 3.57. The Bertz CT molecular complexity index is 520. The molecule has 1 atom stereocenters. The van der Waals surface area contributed by atoms with Crippen molar-refractivity contribution in [2.45, 2.75) is 32.7 Å². The van der Waals surface area contributed by atoms with Crippen LogP contribution in [-0.2, 0) is 6.42 Å². The molecule has 0 aliphatic rings. The molecule has 2 nitrogen and oxygen atoms in total. The largest absolute Gasteiger partial charge is 0.313 e. The lowest BCUT2D eigenvalue weighted by Crippen LogP contribution is -2.18. The van der Waals surface area contributed by atoms with E-state index in [2.05, 4.69) is 54.5 Å². The Morgan fingerprint density at radius 2 is 2.00 bits per heavy atom. The summed E-state index contributed by atoms with van der Waals surface area (Å²) in [5, 5.41) is 3.43. The van der Waals surface area contributed by atoms with Crippen LogP contribution in [0, 0.1) is 13.8 Å². The number of benzene rings is 1. The molecule has 0 saturated heterocycles. The first-order valence-corrected chi connectivity index (χ1v) is 6.85. The van der Waals surface area contributed by atoms with Crippen molar-refractivity contribution in [1.82, 2.24) is 10.3 Å². The van der Waals surface area contributed by atoms with Crippen LogP contribution in [0.1, 0.15) is 34.8 Å². The van der Waals surface area contributed by atoms with E-state index in [0.717, 1.165) is 18.5 Å². The van der Waals surface area contributed by atoms with Crippen LogP contribution in [0.5, 0.6) is 0 Å². The van der Waals surface area contributed by atoms with Crippen LogP contribution < -0.4 is 5.32 Å². The fraction of sp³-hybridized carbons (Fsp3) is 0.353. The van der Waals surface area contributed by atoms with E-state index in [4.69, 9.17) is 0 Å². The van der Waals surface area contributed by atoms with E-state index in [9.17, 15) is 0 Å². The van der Waals surface area contributed by atoms with Gasteiger partial charge in [0.25, 0.3) is 0 Å². The van der Waals surface area contributed by atoms with E-state index in [1.165, 1.54) is 16.7 Å². The Kier molecular flexibility index (Phi) is 4.69. The Balaban J connectivity index is 2.10. The Labute approximate surface area is 115 Å². The summed E-state index contributed by atoms with van der Waals surface area (Å²) in [6, 6.07) is 13.2. The average Bonchev–Trinajstić information content (AvgIpc) is 2.44. The van der Waals surface area contributed by atoms with E-state index in [0.29, 0.717) is 6.04 Å². The first kappa shape index (κ1) is 13.8. The number of aryl methyl sites for hydroxylation is 3. The summed E-state index contributed by atoms with van der Waals surface area (Å²) in [4.78, 5) is 4.39. The van der Waals surface area contributed by atoms with Crippen molar-refractivity contribution in [3.05, 3.63) is 65.0 Å². The van der Waals surface area contributed by atoms with Gasteiger partial charge in [0.15, 0.2) is 0 Å². The van der Waals surface area contributed by atoms with Gasteiger partial charge in [-0.3, -0.25) is 4.98 Å². The Morgan fingerprint density at radius 1 is 1.16 bits per heavy atom. The summed E-state index contributed by atoms with van der Waals surface area (Å²) in [5.74, 6) is 0. The minimum Gasteiger partial charge on any atom is -0.313 e. The van der Waals surface area contributed by atoms with Gasteiger partial charge < -0.3 is 5.32 Å². The van der Waals surface area contributed by atoms with Gasteiger partial charge in [0.05, 0.1) is 0 Å². The van der Waals surface area contributed by atoms with Crippen LogP contribution in [0.25, 0.3) is 0 Å². The van der Waals surface area contributed by atoms with Crippen LogP contribution in [-0.4, -0.2) is 12.0 Å². The third-order valence-electron chi connectivity index (χ3n) is 3.57. The van der Waals surface area contributed by atoms with Gasteiger partial charge >= 0.3 is 0 Å². The summed E-state index contributed by atoms with van der Waals surface area (Å²) in [7, 11) is 2.03. The number of hydrogen-bond donors (Lipinski definition) is 1. The lowest BCUT2D eigenvalue weighted by Gasteiger charge is -2.19. The molecule has 1 unspecified atom stereocenters. The first-order valence-electron chi connectivity index (χ1n) is 6.85. The highest BCUT2D eigenvalue weighted by molar-refractivity contribution is 5.33. The molecule has 0 amide bonds. The topological polar surface area (TPSA) is 24.9 Å². The molecule has 2 rings (SSSR count). The highest BCUT2D eigenvalue weighted by atomic mass is 14.9. The van der Waals surface area contributed by atoms with Gasteiger partial charge in [0.2, 0.25) is 0 Å². The van der Waals surface area contributed by atoms with Crippen molar-refractivity contribution < 1.29 is 0 Å². The van der Waals surface area contributed by atoms with Crippen LogP contribution in [0.15, 0.2) is 42.6 Å². The molecule has 0 spiro atoms. The van der Waals surface area contributed by atoms with Crippen LogP contribution in [0.3, 0.4) is 0 Å². The van der Waals surface area contributed by atoms with Crippen molar-refractivity contribution in [2.24, 2.45) is 0 Å². The van der Waals surface area contributed by atoms with Crippen molar-refractivity contribution in [1.29, 1.82) is 0 Å². The SMILES string of the molecule is CNC(CCc1ccccn1)c1cc(C)ccc1C. The summed E-state index contributed by atoms with van der Waals surface area (Å²) in [6.07, 6.45) is 3.93. The minimum absolute atomic E-state index is 0.391. The van der Waals surface area contributed by atoms with E-state index in [-0.39, 0.29) is 0 Å². The van der Waals surface area contributed by atoms with Gasteiger partial charge in [0.1, 0.15) is 0 Å². The molecule has 2 aromatic rings. The van der Waals surface area contributed by atoms with Crippen LogP contribution >= 0.6 is 0 Å². The maximum Gasteiger partial charge on any atom is 0.0404 e. The van der Waals surface area contributed by atoms with Gasteiger partial charge in [-0.15, -0.1) is 0 Å². The quantitative estimate of drug-likeness (QED) is 0.882. The predicted molar refractivity (Wildman–Crippen MR) is 80.3 cm³/mol. The fourth-order valence-electron chi connectivity index (χ4n) is 2.43. The van der Waals surface area contributed by atoms with Crippen LogP contribution in [0.4, 0.5) is 0 Å². The van der Waals surface area contributed by atoms with Gasteiger partial charge in [-0.25, -0.2) is 0 Å². The normalized spacial score (nSPS) is 12.4. The molecule has 0 bridgehead atoms. The molecule has 1 heterocycles. The highest BCUT2D eigenvalue weighted by Gasteiger charge is 2.12. The molecule has 0 saturated carbocycles. The second kappa shape index (κ2) is 6.48. The number of nitrogens with one attached hydrogen (secondary N) is 1. The minimum atomic E-state index is 0.391. The van der Waals surface area contributed by atoms with Gasteiger partial charge in [-0.2, -0.15) is 0 Å².